The molecule has 39 heavy (non-hydrogen) atoms. The van der Waals surface area contributed by atoms with Gasteiger partial charge >= 0.3 is 5.63 Å². The minimum Gasteiger partial charge on any atom is -0.507 e. The van der Waals surface area contributed by atoms with Crippen molar-refractivity contribution in [2.75, 3.05) is 14.2 Å². The molecule has 0 unspecified atom stereocenters. The highest BCUT2D eigenvalue weighted by molar-refractivity contribution is 6.11. The van der Waals surface area contributed by atoms with Crippen molar-refractivity contribution >= 4 is 43.1 Å². The average Bonchev–Trinajstić information content (AvgIpc) is 2.86. The number of methoxy groups -OCH3 is 2. The summed E-state index contributed by atoms with van der Waals surface area (Å²) in [7, 11) is 2.92. The number of fused-ring (bicyclic) bond motifs is 4. The first kappa shape index (κ1) is 24.2. The van der Waals surface area contributed by atoms with Crippen molar-refractivity contribution in [1.29, 1.82) is 0 Å². The van der Waals surface area contributed by atoms with Gasteiger partial charge in [-0.05, 0) is 71.8 Å². The van der Waals surface area contributed by atoms with E-state index in [2.05, 4.69) is 0 Å². The van der Waals surface area contributed by atoms with Crippen LogP contribution < -0.4 is 25.3 Å². The van der Waals surface area contributed by atoms with Gasteiger partial charge in [-0.1, -0.05) is 0 Å². The van der Waals surface area contributed by atoms with E-state index in [1.807, 2.05) is 0 Å². The van der Waals surface area contributed by atoms with E-state index in [9.17, 15) is 19.8 Å². The number of aryl methyl sites for hydroxylation is 2. The van der Waals surface area contributed by atoms with Crippen molar-refractivity contribution in [1.82, 2.24) is 0 Å². The molecule has 0 amide bonds. The number of hydrogen-bond donors (Lipinski definition) is 2. The van der Waals surface area contributed by atoms with Crippen LogP contribution in [0.1, 0.15) is 11.5 Å². The topological polar surface area (TPSA) is 129 Å². The second-order valence-corrected chi connectivity index (χ2v) is 9.22. The lowest BCUT2D eigenvalue weighted by atomic mass is 10.0. The molecule has 2 N–H and O–H groups in total. The lowest BCUT2D eigenvalue weighted by Crippen LogP contribution is -2.06. The fourth-order valence-electron chi connectivity index (χ4n) is 5.04. The fraction of sp³-hybridized carbons (Fsp3) is 0.133. The lowest BCUT2D eigenvalue weighted by Gasteiger charge is -2.17. The molecule has 0 atom stereocenters. The molecule has 2 heterocycles. The van der Waals surface area contributed by atoms with E-state index in [1.54, 1.807) is 50.2 Å². The van der Waals surface area contributed by atoms with E-state index in [4.69, 9.17) is 23.0 Å². The van der Waals surface area contributed by atoms with Crippen molar-refractivity contribution in [2.24, 2.45) is 0 Å². The van der Waals surface area contributed by atoms with Gasteiger partial charge in [0.1, 0.15) is 39.5 Å². The summed E-state index contributed by atoms with van der Waals surface area (Å²) in [5, 5.41) is 24.4. The van der Waals surface area contributed by atoms with Crippen molar-refractivity contribution < 1.29 is 33.3 Å². The third-order valence-electron chi connectivity index (χ3n) is 6.66. The molecule has 0 aliphatic heterocycles. The fourth-order valence-corrected chi connectivity index (χ4v) is 5.04. The second kappa shape index (κ2) is 8.70. The zero-order valence-electron chi connectivity index (χ0n) is 21.4. The summed E-state index contributed by atoms with van der Waals surface area (Å²) in [5.74, 6) is 0.724. The molecule has 9 nitrogen and oxygen atoms in total. The Hall–Kier alpha value is -5.18. The molecule has 0 spiro atoms. The maximum Gasteiger partial charge on any atom is 0.347 e. The standard InChI is InChI=1S/C30H22O9/c1-13-5-15-7-17-9-19(35-3)11-21(31)23(17)27(25(15)29(33)37-13)39-28-24-18(10-20(36-4)12-22(24)32)8-16-6-14(2)38-30(34)26(16)28/h5-12,31,34H,1-4H3. The van der Waals surface area contributed by atoms with Crippen molar-refractivity contribution in [3.63, 3.8) is 0 Å². The van der Waals surface area contributed by atoms with Crippen molar-refractivity contribution in [2.45, 2.75) is 13.8 Å². The quantitative estimate of drug-likeness (QED) is 0.264. The highest BCUT2D eigenvalue weighted by Crippen LogP contribution is 2.47. The molecule has 6 aromatic rings. The zero-order valence-corrected chi connectivity index (χ0v) is 21.4. The Kier molecular flexibility index (Phi) is 5.39. The monoisotopic (exact) mass is 526 g/mol. The van der Waals surface area contributed by atoms with Crippen molar-refractivity contribution in [3.8, 4) is 34.7 Å². The van der Waals surface area contributed by atoms with Crippen LogP contribution in [0.15, 0.2) is 67.0 Å². The third-order valence-corrected chi connectivity index (χ3v) is 6.66. The van der Waals surface area contributed by atoms with Gasteiger partial charge in [0.2, 0.25) is 0 Å². The normalized spacial score (nSPS) is 11.5. The number of phenols is 1. The summed E-state index contributed by atoms with van der Waals surface area (Å²) in [5.41, 5.74) is -1.14. The van der Waals surface area contributed by atoms with Gasteiger partial charge in [-0.15, -0.1) is 0 Å². The Morgan fingerprint density at radius 1 is 0.615 bits per heavy atom. The molecule has 0 radical (unpaired) electrons. The van der Waals surface area contributed by atoms with Gasteiger partial charge in [0.25, 0.3) is 5.95 Å². The molecule has 9 heteroatoms. The van der Waals surface area contributed by atoms with Crippen LogP contribution in [0, 0.1) is 13.8 Å². The Bertz CT molecular complexity index is 2100. The molecule has 0 aliphatic rings. The van der Waals surface area contributed by atoms with E-state index in [0.29, 0.717) is 44.6 Å². The Balaban J connectivity index is 1.81. The SMILES string of the molecule is COc1cc(O)c2c(Oc3c4c(O)oc(C)cc4cc4cc(OC)cc(=O)c34)c3c(=O)oc(C)cc3cc2c1. The Labute approximate surface area is 220 Å². The largest absolute Gasteiger partial charge is 0.507 e. The molecule has 6 rings (SSSR count). The third kappa shape index (κ3) is 3.78. The highest BCUT2D eigenvalue weighted by Gasteiger charge is 2.24. The molecular formula is C30H22O9. The van der Waals surface area contributed by atoms with E-state index in [1.165, 1.54) is 26.4 Å². The maximum atomic E-state index is 13.4. The van der Waals surface area contributed by atoms with Gasteiger partial charge in [-0.2, -0.15) is 0 Å². The van der Waals surface area contributed by atoms with Gasteiger partial charge in [0, 0.05) is 12.1 Å². The second-order valence-electron chi connectivity index (χ2n) is 9.22. The number of ether oxygens (including phenoxy) is 3. The molecule has 2 aromatic heterocycles. The van der Waals surface area contributed by atoms with Crippen LogP contribution in [0.2, 0.25) is 0 Å². The van der Waals surface area contributed by atoms with E-state index < -0.39 is 17.0 Å². The highest BCUT2D eigenvalue weighted by atomic mass is 16.5. The first-order chi connectivity index (χ1) is 18.7. The lowest BCUT2D eigenvalue weighted by molar-refractivity contribution is 0.319. The van der Waals surface area contributed by atoms with Crippen molar-refractivity contribution in [3.05, 3.63) is 80.7 Å². The van der Waals surface area contributed by atoms with Crippen LogP contribution in [-0.4, -0.2) is 24.4 Å². The molecule has 0 aliphatic carbocycles. The summed E-state index contributed by atoms with van der Waals surface area (Å²) in [6.45, 7) is 3.32. The van der Waals surface area contributed by atoms with E-state index >= 15 is 0 Å². The smallest absolute Gasteiger partial charge is 0.347 e. The van der Waals surface area contributed by atoms with Gasteiger partial charge in [-0.3, -0.25) is 4.79 Å². The number of phenolic OH excluding ortho intramolecular Hbond substituents is 1. The number of hydrogen-bond acceptors (Lipinski definition) is 9. The van der Waals surface area contributed by atoms with Gasteiger partial charge in [-0.25, -0.2) is 4.79 Å². The van der Waals surface area contributed by atoms with Crippen LogP contribution in [0.4, 0.5) is 0 Å². The van der Waals surface area contributed by atoms with Crippen LogP contribution >= 0.6 is 0 Å². The van der Waals surface area contributed by atoms with Gasteiger partial charge in [0.05, 0.1) is 25.0 Å². The van der Waals surface area contributed by atoms with Crippen LogP contribution in [-0.2, 0) is 0 Å². The summed E-state index contributed by atoms with van der Waals surface area (Å²) < 4.78 is 27.9. The predicted molar refractivity (Wildman–Crippen MR) is 146 cm³/mol. The number of aromatic hydroxyl groups is 2. The molecule has 0 saturated heterocycles. The minimum atomic E-state index is -0.699. The van der Waals surface area contributed by atoms with Crippen LogP contribution in [0.3, 0.4) is 0 Å². The molecule has 196 valence electrons. The Morgan fingerprint density at radius 3 is 1.82 bits per heavy atom. The van der Waals surface area contributed by atoms with Crippen LogP contribution in [0.5, 0.6) is 34.7 Å². The minimum absolute atomic E-state index is 0.0446. The zero-order chi connectivity index (χ0) is 27.6. The summed E-state index contributed by atoms with van der Waals surface area (Å²) in [4.78, 5) is 26.5. The van der Waals surface area contributed by atoms with Gasteiger partial charge < -0.3 is 33.3 Å². The Morgan fingerprint density at radius 2 is 1.15 bits per heavy atom. The molecular weight excluding hydrogens is 504 g/mol. The summed E-state index contributed by atoms with van der Waals surface area (Å²) in [6.07, 6.45) is 0. The first-order valence-corrected chi connectivity index (χ1v) is 11.9. The van der Waals surface area contributed by atoms with E-state index in [-0.39, 0.29) is 38.8 Å². The first-order valence-electron chi connectivity index (χ1n) is 11.9. The molecule has 4 aromatic carbocycles. The summed E-state index contributed by atoms with van der Waals surface area (Å²) in [6, 6.07) is 12.8. The molecule has 0 saturated carbocycles. The number of rotatable bonds is 4. The van der Waals surface area contributed by atoms with Crippen LogP contribution in [0.25, 0.3) is 43.1 Å². The van der Waals surface area contributed by atoms with Gasteiger partial charge in [0.15, 0.2) is 16.9 Å². The summed E-state index contributed by atoms with van der Waals surface area (Å²) >= 11 is 0. The molecule has 0 fully saturated rings. The average molecular weight is 526 g/mol. The predicted octanol–water partition coefficient (Wildman–Crippen LogP) is 6.04. The number of benzene rings is 4. The van der Waals surface area contributed by atoms with E-state index in [0.717, 1.165) is 0 Å². The molecule has 0 bridgehead atoms. The maximum absolute atomic E-state index is 13.4.